The Hall–Kier alpha value is -0.870. The second-order valence-electron chi connectivity index (χ2n) is 3.88. The van der Waals surface area contributed by atoms with E-state index in [9.17, 15) is 0 Å². The topological polar surface area (TPSA) is 38.9 Å². The zero-order valence-electron chi connectivity index (χ0n) is 8.28. The van der Waals surface area contributed by atoms with Crippen LogP contribution in [0.15, 0.2) is 27.1 Å². The van der Waals surface area contributed by atoms with Crippen molar-refractivity contribution in [3.8, 4) is 11.5 Å². The first-order chi connectivity index (χ1) is 7.72. The minimum atomic E-state index is 0.476. The van der Waals surface area contributed by atoms with Crippen LogP contribution in [0.25, 0.3) is 11.5 Å². The second kappa shape index (κ2) is 3.86. The fourth-order valence-corrected chi connectivity index (χ4v) is 2.38. The summed E-state index contributed by atoms with van der Waals surface area (Å²) in [6.45, 7) is 0. The molecule has 3 nitrogen and oxygen atoms in total. The third-order valence-corrected chi connectivity index (χ3v) is 3.15. The van der Waals surface area contributed by atoms with E-state index in [0.717, 1.165) is 28.8 Å². The van der Waals surface area contributed by atoms with Crippen molar-refractivity contribution in [3.63, 3.8) is 0 Å². The molecule has 82 valence electrons. The molecule has 3 rings (SSSR count). The lowest BCUT2D eigenvalue weighted by atomic mass is 10.2. The number of aromatic nitrogens is 2. The van der Waals surface area contributed by atoms with Crippen LogP contribution < -0.4 is 0 Å². The van der Waals surface area contributed by atoms with Gasteiger partial charge in [-0.25, -0.2) is 0 Å². The van der Waals surface area contributed by atoms with Crippen molar-refractivity contribution in [2.45, 2.75) is 18.8 Å². The molecule has 1 saturated carbocycles. The summed E-state index contributed by atoms with van der Waals surface area (Å²) in [5.41, 5.74) is 0.846. The average Bonchev–Trinajstić information content (AvgIpc) is 2.95. The molecule has 16 heavy (non-hydrogen) atoms. The number of benzene rings is 1. The summed E-state index contributed by atoms with van der Waals surface area (Å²) in [4.78, 5) is 0. The van der Waals surface area contributed by atoms with Crippen molar-refractivity contribution in [3.05, 3.63) is 33.6 Å². The van der Waals surface area contributed by atoms with E-state index in [1.807, 2.05) is 18.2 Å². The molecule has 0 aliphatic heterocycles. The van der Waals surface area contributed by atoms with Gasteiger partial charge in [-0.1, -0.05) is 27.5 Å². The summed E-state index contributed by atoms with van der Waals surface area (Å²) in [7, 11) is 0. The Bertz CT molecular complexity index is 516. The summed E-state index contributed by atoms with van der Waals surface area (Å²) in [6, 6.07) is 5.55. The first-order valence-electron chi connectivity index (χ1n) is 5.02. The Balaban J connectivity index is 2.00. The monoisotopic (exact) mass is 298 g/mol. The van der Waals surface area contributed by atoms with Crippen LogP contribution in [0.2, 0.25) is 5.02 Å². The van der Waals surface area contributed by atoms with Crippen molar-refractivity contribution in [2.75, 3.05) is 0 Å². The molecule has 1 fully saturated rings. The zero-order chi connectivity index (χ0) is 11.1. The Kier molecular flexibility index (Phi) is 2.48. The zero-order valence-corrected chi connectivity index (χ0v) is 10.6. The molecule has 0 atom stereocenters. The van der Waals surface area contributed by atoms with E-state index >= 15 is 0 Å². The van der Waals surface area contributed by atoms with E-state index in [-0.39, 0.29) is 0 Å². The fraction of sp³-hybridized carbons (Fsp3) is 0.273. The first-order valence-corrected chi connectivity index (χ1v) is 6.19. The lowest BCUT2D eigenvalue weighted by Crippen LogP contribution is -1.78. The van der Waals surface area contributed by atoms with Gasteiger partial charge in [-0.3, -0.25) is 0 Å². The Labute approximate surface area is 106 Å². The van der Waals surface area contributed by atoms with E-state index in [1.165, 1.54) is 0 Å². The number of hydrogen-bond acceptors (Lipinski definition) is 3. The third kappa shape index (κ3) is 1.99. The maximum atomic E-state index is 5.96. The van der Waals surface area contributed by atoms with Gasteiger partial charge in [0.05, 0.1) is 0 Å². The summed E-state index contributed by atoms with van der Waals surface area (Å²) < 4.78 is 6.51. The summed E-state index contributed by atoms with van der Waals surface area (Å²) in [5, 5.41) is 8.72. The minimum absolute atomic E-state index is 0.476. The lowest BCUT2D eigenvalue weighted by molar-refractivity contribution is 0.508. The van der Waals surface area contributed by atoms with Gasteiger partial charge in [0.15, 0.2) is 0 Å². The standard InChI is InChI=1S/C11H8BrClN2O/c12-8-3-7(4-9(13)5-8)11-15-14-10(16-11)6-1-2-6/h3-6H,1-2H2. The fourth-order valence-electron chi connectivity index (χ4n) is 1.52. The van der Waals surface area contributed by atoms with Gasteiger partial charge in [-0.2, -0.15) is 0 Å². The molecule has 0 bridgehead atoms. The molecule has 0 amide bonds. The van der Waals surface area contributed by atoms with Gasteiger partial charge in [0.1, 0.15) is 0 Å². The highest BCUT2D eigenvalue weighted by molar-refractivity contribution is 9.10. The van der Waals surface area contributed by atoms with Gasteiger partial charge in [-0.15, -0.1) is 10.2 Å². The molecule has 0 saturated heterocycles. The van der Waals surface area contributed by atoms with Gasteiger partial charge >= 0.3 is 0 Å². The first kappa shape index (κ1) is 10.3. The highest BCUT2D eigenvalue weighted by Gasteiger charge is 2.29. The van der Waals surface area contributed by atoms with Crippen molar-refractivity contribution in [1.82, 2.24) is 10.2 Å². The van der Waals surface area contributed by atoms with Crippen molar-refractivity contribution in [2.24, 2.45) is 0 Å². The summed E-state index contributed by atoms with van der Waals surface area (Å²) in [5.74, 6) is 1.75. The molecule has 0 N–H and O–H groups in total. The van der Waals surface area contributed by atoms with Crippen LogP contribution in [0.5, 0.6) is 0 Å². The minimum Gasteiger partial charge on any atom is -0.420 e. The van der Waals surface area contributed by atoms with Gasteiger partial charge in [0.25, 0.3) is 0 Å². The number of rotatable bonds is 2. The van der Waals surface area contributed by atoms with Gasteiger partial charge < -0.3 is 4.42 Å². The van der Waals surface area contributed by atoms with Crippen molar-refractivity contribution >= 4 is 27.5 Å². The maximum absolute atomic E-state index is 5.96. The maximum Gasteiger partial charge on any atom is 0.247 e. The molecule has 1 heterocycles. The number of halogens is 2. The Morgan fingerprint density at radius 2 is 2.06 bits per heavy atom. The number of hydrogen-bond donors (Lipinski definition) is 0. The van der Waals surface area contributed by atoms with Crippen molar-refractivity contribution in [1.29, 1.82) is 0 Å². The van der Waals surface area contributed by atoms with E-state index in [2.05, 4.69) is 26.1 Å². The third-order valence-electron chi connectivity index (χ3n) is 2.48. The SMILES string of the molecule is Clc1cc(Br)cc(-c2nnc(C3CC3)o2)c1. The number of nitrogens with zero attached hydrogens (tertiary/aromatic N) is 2. The predicted molar refractivity (Wildman–Crippen MR) is 64.4 cm³/mol. The summed E-state index contributed by atoms with van der Waals surface area (Å²) >= 11 is 9.35. The van der Waals surface area contributed by atoms with E-state index in [1.54, 1.807) is 0 Å². The highest BCUT2D eigenvalue weighted by atomic mass is 79.9. The van der Waals surface area contributed by atoms with Crippen molar-refractivity contribution < 1.29 is 4.42 Å². The molecule has 0 spiro atoms. The predicted octanol–water partition coefficient (Wildman–Crippen LogP) is 4.03. The lowest BCUT2D eigenvalue weighted by Gasteiger charge is -1.97. The van der Waals surface area contributed by atoms with Crippen LogP contribution in [0.1, 0.15) is 24.7 Å². The molecule has 1 aromatic carbocycles. The molecular formula is C11H8BrClN2O. The highest BCUT2D eigenvalue weighted by Crippen LogP contribution is 2.40. The van der Waals surface area contributed by atoms with Gasteiger partial charge in [0.2, 0.25) is 11.8 Å². The van der Waals surface area contributed by atoms with E-state index < -0.39 is 0 Å². The van der Waals surface area contributed by atoms with Crippen LogP contribution in [-0.4, -0.2) is 10.2 Å². The van der Waals surface area contributed by atoms with Gasteiger partial charge in [-0.05, 0) is 31.0 Å². The van der Waals surface area contributed by atoms with Gasteiger partial charge in [0, 0.05) is 21.0 Å². The summed E-state index contributed by atoms with van der Waals surface area (Å²) in [6.07, 6.45) is 2.31. The van der Waals surface area contributed by atoms with Crippen LogP contribution in [0.3, 0.4) is 0 Å². The van der Waals surface area contributed by atoms with E-state index in [4.69, 9.17) is 16.0 Å². The molecule has 1 aliphatic rings. The van der Waals surface area contributed by atoms with Crippen LogP contribution in [0.4, 0.5) is 0 Å². The second-order valence-corrected chi connectivity index (χ2v) is 5.23. The largest absolute Gasteiger partial charge is 0.420 e. The molecule has 5 heteroatoms. The Morgan fingerprint density at radius 3 is 2.75 bits per heavy atom. The van der Waals surface area contributed by atoms with Crippen LogP contribution in [0, 0.1) is 0 Å². The molecule has 0 radical (unpaired) electrons. The molecule has 1 aliphatic carbocycles. The molecular weight excluding hydrogens is 291 g/mol. The molecule has 0 unspecified atom stereocenters. The molecule has 1 aromatic heterocycles. The smallest absolute Gasteiger partial charge is 0.247 e. The van der Waals surface area contributed by atoms with Crippen LogP contribution in [-0.2, 0) is 0 Å². The van der Waals surface area contributed by atoms with E-state index in [0.29, 0.717) is 16.8 Å². The Morgan fingerprint density at radius 1 is 1.25 bits per heavy atom. The van der Waals surface area contributed by atoms with Crippen LogP contribution >= 0.6 is 27.5 Å². The average molecular weight is 300 g/mol. The quantitative estimate of drug-likeness (QED) is 0.840. The molecule has 2 aromatic rings. The normalized spacial score (nSPS) is 15.4.